The number of aromatic nitrogens is 2. The van der Waals surface area contributed by atoms with E-state index in [2.05, 4.69) is 15.7 Å². The predicted octanol–water partition coefficient (Wildman–Crippen LogP) is 0.902. The Balaban J connectivity index is 2.41. The van der Waals surface area contributed by atoms with E-state index < -0.39 is 4.92 Å². The Kier molecular flexibility index (Phi) is 5.28. The van der Waals surface area contributed by atoms with Gasteiger partial charge in [0.05, 0.1) is 4.92 Å². The number of amides is 1. The molecule has 19 heavy (non-hydrogen) atoms. The molecule has 1 aromatic rings. The van der Waals surface area contributed by atoms with Crippen LogP contribution in [0.15, 0.2) is 6.20 Å². The number of carbonyl (C=O) groups excluding carboxylic acids is 1. The van der Waals surface area contributed by atoms with Crippen molar-refractivity contribution < 1.29 is 9.72 Å². The largest absolute Gasteiger partial charge is 0.362 e. The molecule has 0 saturated carbocycles. The van der Waals surface area contributed by atoms with Gasteiger partial charge >= 0.3 is 5.69 Å². The molecule has 0 atom stereocenters. The highest BCUT2D eigenvalue weighted by atomic mass is 16.6. The van der Waals surface area contributed by atoms with Gasteiger partial charge in [0.15, 0.2) is 0 Å². The molecule has 0 spiro atoms. The Labute approximate surface area is 111 Å². The molecule has 1 heterocycles. The van der Waals surface area contributed by atoms with Crippen LogP contribution in [0.3, 0.4) is 0 Å². The summed E-state index contributed by atoms with van der Waals surface area (Å²) in [6.07, 6.45) is 1.57. The first-order valence-corrected chi connectivity index (χ1v) is 6.08. The van der Waals surface area contributed by atoms with Gasteiger partial charge in [-0.1, -0.05) is 13.8 Å². The van der Waals surface area contributed by atoms with Crippen molar-refractivity contribution >= 4 is 17.4 Å². The summed E-state index contributed by atoms with van der Waals surface area (Å²) in [5.41, 5.74) is -0.0925. The number of rotatable bonds is 7. The second-order valence-electron chi connectivity index (χ2n) is 4.67. The minimum atomic E-state index is -0.506. The van der Waals surface area contributed by atoms with Crippen LogP contribution in [0, 0.1) is 16.0 Å². The molecule has 1 amide bonds. The van der Waals surface area contributed by atoms with Crippen LogP contribution in [0.25, 0.3) is 0 Å². The second-order valence-corrected chi connectivity index (χ2v) is 4.67. The molecule has 0 aliphatic carbocycles. The first-order valence-electron chi connectivity index (χ1n) is 6.08. The van der Waals surface area contributed by atoms with E-state index in [4.69, 9.17) is 0 Å². The lowest BCUT2D eigenvalue weighted by Gasteiger charge is -2.07. The number of aryl methyl sites for hydroxylation is 1. The number of hydrogen-bond donors (Lipinski definition) is 2. The lowest BCUT2D eigenvalue weighted by atomic mass is 10.2. The summed E-state index contributed by atoms with van der Waals surface area (Å²) < 4.78 is 1.36. The topological polar surface area (TPSA) is 102 Å². The van der Waals surface area contributed by atoms with Crippen LogP contribution in [0.2, 0.25) is 0 Å². The molecule has 0 saturated heterocycles. The number of hydrogen-bond acceptors (Lipinski definition) is 5. The first-order chi connectivity index (χ1) is 8.90. The van der Waals surface area contributed by atoms with Crippen molar-refractivity contribution in [2.75, 3.05) is 18.4 Å². The van der Waals surface area contributed by atoms with E-state index in [1.54, 1.807) is 7.05 Å². The van der Waals surface area contributed by atoms with Gasteiger partial charge in [-0.2, -0.15) is 0 Å². The quantitative estimate of drug-likeness (QED) is 0.565. The maximum Gasteiger partial charge on any atom is 0.330 e. The van der Waals surface area contributed by atoms with Crippen LogP contribution in [0.5, 0.6) is 0 Å². The average molecular weight is 269 g/mol. The first kappa shape index (κ1) is 14.9. The molecule has 2 N–H and O–H groups in total. The highest BCUT2D eigenvalue weighted by molar-refractivity contribution is 5.76. The zero-order chi connectivity index (χ0) is 14.4. The Bertz CT molecular complexity index is 455. The standard InChI is InChI=1S/C11H19N5O3/c1-8(2)6-13-10(17)4-5-12-11-9(16(18)19)7-15(3)14-11/h7-8H,4-6H2,1-3H3,(H,12,14)(H,13,17). The lowest BCUT2D eigenvalue weighted by Crippen LogP contribution is -2.28. The van der Waals surface area contributed by atoms with Crippen LogP contribution in [-0.4, -0.2) is 33.7 Å². The van der Waals surface area contributed by atoms with Gasteiger partial charge in [0.2, 0.25) is 11.7 Å². The number of anilines is 1. The third-order valence-corrected chi connectivity index (χ3v) is 2.36. The highest BCUT2D eigenvalue weighted by Gasteiger charge is 2.17. The van der Waals surface area contributed by atoms with Gasteiger partial charge in [-0.15, -0.1) is 5.10 Å². The average Bonchev–Trinajstić information content (AvgIpc) is 2.68. The summed E-state index contributed by atoms with van der Waals surface area (Å²) in [5, 5.41) is 20.2. The fourth-order valence-electron chi connectivity index (χ4n) is 1.44. The van der Waals surface area contributed by atoms with Crippen molar-refractivity contribution in [1.82, 2.24) is 15.1 Å². The second kappa shape index (κ2) is 6.72. The van der Waals surface area contributed by atoms with Crippen molar-refractivity contribution in [3.8, 4) is 0 Å². The fourth-order valence-corrected chi connectivity index (χ4v) is 1.44. The van der Waals surface area contributed by atoms with Gasteiger partial charge in [-0.05, 0) is 5.92 Å². The summed E-state index contributed by atoms with van der Waals surface area (Å²) in [6, 6.07) is 0. The molecule has 1 rings (SSSR count). The van der Waals surface area contributed by atoms with Crippen LogP contribution in [-0.2, 0) is 11.8 Å². The Morgan fingerprint density at radius 2 is 2.26 bits per heavy atom. The minimum Gasteiger partial charge on any atom is -0.362 e. The van der Waals surface area contributed by atoms with Crippen molar-refractivity contribution in [1.29, 1.82) is 0 Å². The minimum absolute atomic E-state index is 0.0835. The van der Waals surface area contributed by atoms with E-state index in [1.807, 2.05) is 13.8 Å². The van der Waals surface area contributed by atoms with Crippen LogP contribution in [0.1, 0.15) is 20.3 Å². The Morgan fingerprint density at radius 1 is 1.58 bits per heavy atom. The van der Waals surface area contributed by atoms with Crippen molar-refractivity contribution in [2.24, 2.45) is 13.0 Å². The molecule has 1 aromatic heterocycles. The third-order valence-electron chi connectivity index (χ3n) is 2.36. The maximum absolute atomic E-state index is 11.5. The predicted molar refractivity (Wildman–Crippen MR) is 70.8 cm³/mol. The Morgan fingerprint density at radius 3 is 2.84 bits per heavy atom. The van der Waals surface area contributed by atoms with Gasteiger partial charge in [-0.3, -0.25) is 19.6 Å². The molecule has 8 nitrogen and oxygen atoms in total. The molecule has 0 unspecified atom stereocenters. The number of nitro groups is 1. The summed E-state index contributed by atoms with van der Waals surface area (Å²) in [6.45, 7) is 4.95. The summed E-state index contributed by atoms with van der Waals surface area (Å²) in [7, 11) is 1.60. The van der Waals surface area contributed by atoms with Crippen molar-refractivity contribution in [3.63, 3.8) is 0 Å². The van der Waals surface area contributed by atoms with Gasteiger partial charge in [0.25, 0.3) is 0 Å². The summed E-state index contributed by atoms with van der Waals surface area (Å²) in [5.74, 6) is 0.498. The summed E-state index contributed by atoms with van der Waals surface area (Å²) in [4.78, 5) is 21.7. The molecule has 0 aliphatic heterocycles. The zero-order valence-electron chi connectivity index (χ0n) is 11.3. The molecule has 0 aliphatic rings. The van der Waals surface area contributed by atoms with Gasteiger partial charge in [-0.25, -0.2) is 0 Å². The monoisotopic (exact) mass is 269 g/mol. The molecule has 0 radical (unpaired) electrons. The number of nitrogens with one attached hydrogen (secondary N) is 2. The van der Waals surface area contributed by atoms with Gasteiger partial charge in [0.1, 0.15) is 6.20 Å². The molecule has 0 fully saturated rings. The zero-order valence-corrected chi connectivity index (χ0v) is 11.3. The van der Waals surface area contributed by atoms with E-state index in [0.717, 1.165) is 0 Å². The van der Waals surface area contributed by atoms with E-state index in [9.17, 15) is 14.9 Å². The Hall–Kier alpha value is -2.12. The molecular formula is C11H19N5O3. The fraction of sp³-hybridized carbons (Fsp3) is 0.636. The SMILES string of the molecule is CC(C)CNC(=O)CCNc1nn(C)cc1[N+](=O)[O-]. The lowest BCUT2D eigenvalue weighted by molar-refractivity contribution is -0.384. The smallest absolute Gasteiger partial charge is 0.330 e. The molecule has 0 aromatic carbocycles. The maximum atomic E-state index is 11.5. The molecule has 106 valence electrons. The molecule has 0 bridgehead atoms. The third kappa shape index (κ3) is 4.94. The molecule has 8 heteroatoms. The molecular weight excluding hydrogens is 250 g/mol. The number of carbonyl (C=O) groups is 1. The highest BCUT2D eigenvalue weighted by Crippen LogP contribution is 2.20. The van der Waals surface area contributed by atoms with Crippen LogP contribution in [0.4, 0.5) is 11.5 Å². The van der Waals surface area contributed by atoms with Crippen molar-refractivity contribution in [2.45, 2.75) is 20.3 Å². The normalized spacial score (nSPS) is 10.5. The van der Waals surface area contributed by atoms with Crippen molar-refractivity contribution in [3.05, 3.63) is 16.3 Å². The van der Waals surface area contributed by atoms with Gasteiger partial charge in [0, 0.05) is 26.6 Å². The van der Waals surface area contributed by atoms with E-state index >= 15 is 0 Å². The number of nitrogens with zero attached hydrogens (tertiary/aromatic N) is 3. The summed E-state index contributed by atoms with van der Waals surface area (Å²) >= 11 is 0. The van der Waals surface area contributed by atoms with E-state index in [-0.39, 0.29) is 23.8 Å². The van der Waals surface area contributed by atoms with Gasteiger partial charge < -0.3 is 10.6 Å². The van der Waals surface area contributed by atoms with E-state index in [0.29, 0.717) is 19.0 Å². The van der Waals surface area contributed by atoms with Crippen LogP contribution < -0.4 is 10.6 Å². The van der Waals surface area contributed by atoms with Crippen LogP contribution >= 0.6 is 0 Å². The van der Waals surface area contributed by atoms with E-state index in [1.165, 1.54) is 10.9 Å².